The first kappa shape index (κ1) is 12.3. The van der Waals surface area contributed by atoms with Crippen molar-refractivity contribution >= 4 is 33.3 Å². The first-order valence-corrected chi connectivity index (χ1v) is 6.32. The van der Waals surface area contributed by atoms with Crippen molar-refractivity contribution in [3.8, 4) is 0 Å². The van der Waals surface area contributed by atoms with Gasteiger partial charge in [-0.1, -0.05) is 39.7 Å². The van der Waals surface area contributed by atoms with Crippen molar-refractivity contribution in [3.63, 3.8) is 0 Å². The van der Waals surface area contributed by atoms with Gasteiger partial charge in [-0.05, 0) is 24.6 Å². The minimum absolute atomic E-state index is 0.149. The third-order valence-corrected chi connectivity index (χ3v) is 3.05. The number of anilines is 1. The molecule has 1 N–H and O–H groups in total. The topological polar surface area (TPSA) is 37.8 Å². The van der Waals surface area contributed by atoms with Crippen molar-refractivity contribution in [1.82, 2.24) is 9.97 Å². The summed E-state index contributed by atoms with van der Waals surface area (Å²) in [7, 11) is 0. The van der Waals surface area contributed by atoms with Gasteiger partial charge in [0.05, 0.1) is 12.4 Å². The molecule has 0 aliphatic heterocycles. The molecule has 1 atom stereocenters. The summed E-state index contributed by atoms with van der Waals surface area (Å²) in [6.07, 6.45) is 3.16. The standard InChI is InChI=1S/C12H11BrClN3/c1-8(9-2-4-10(13)5-3-9)16-12-7-15-6-11(14)17-12/h2-8H,1H3,(H,16,17)/t8-/m0/s1. The smallest absolute Gasteiger partial charge is 0.149 e. The summed E-state index contributed by atoms with van der Waals surface area (Å²) in [4.78, 5) is 8.12. The highest BCUT2D eigenvalue weighted by atomic mass is 79.9. The highest BCUT2D eigenvalue weighted by Gasteiger charge is 2.06. The molecule has 3 nitrogen and oxygen atoms in total. The van der Waals surface area contributed by atoms with Crippen LogP contribution in [0.2, 0.25) is 5.15 Å². The molecule has 0 saturated carbocycles. The lowest BCUT2D eigenvalue weighted by Gasteiger charge is -2.14. The van der Waals surface area contributed by atoms with E-state index in [1.54, 1.807) is 6.20 Å². The van der Waals surface area contributed by atoms with Crippen molar-refractivity contribution < 1.29 is 0 Å². The third-order valence-electron chi connectivity index (χ3n) is 2.34. The Kier molecular flexibility index (Phi) is 3.97. The quantitative estimate of drug-likeness (QED) is 0.928. The van der Waals surface area contributed by atoms with Crippen LogP contribution in [0.25, 0.3) is 0 Å². The summed E-state index contributed by atoms with van der Waals surface area (Å²) < 4.78 is 1.07. The summed E-state index contributed by atoms with van der Waals surface area (Å²) >= 11 is 9.19. The Balaban J connectivity index is 2.11. The lowest BCUT2D eigenvalue weighted by molar-refractivity contribution is 0.871. The Labute approximate surface area is 113 Å². The highest BCUT2D eigenvalue weighted by molar-refractivity contribution is 9.10. The van der Waals surface area contributed by atoms with Crippen molar-refractivity contribution in [2.24, 2.45) is 0 Å². The molecule has 1 aromatic carbocycles. The molecule has 0 unspecified atom stereocenters. The average molecular weight is 313 g/mol. The van der Waals surface area contributed by atoms with Gasteiger partial charge in [0.15, 0.2) is 0 Å². The Bertz CT molecular complexity index is 501. The van der Waals surface area contributed by atoms with Crippen molar-refractivity contribution in [2.75, 3.05) is 5.32 Å². The summed E-state index contributed by atoms with van der Waals surface area (Å²) in [5.41, 5.74) is 1.18. The van der Waals surface area contributed by atoms with Gasteiger partial charge >= 0.3 is 0 Å². The number of nitrogens with one attached hydrogen (secondary N) is 1. The van der Waals surface area contributed by atoms with Gasteiger partial charge in [-0.25, -0.2) is 4.98 Å². The molecule has 1 aromatic heterocycles. The van der Waals surface area contributed by atoms with Crippen molar-refractivity contribution in [3.05, 3.63) is 51.8 Å². The summed E-state index contributed by atoms with van der Waals surface area (Å²) in [6, 6.07) is 8.28. The van der Waals surface area contributed by atoms with Gasteiger partial charge in [-0.2, -0.15) is 0 Å². The Morgan fingerprint density at radius 2 is 1.94 bits per heavy atom. The number of hydrogen-bond acceptors (Lipinski definition) is 3. The second kappa shape index (κ2) is 5.47. The average Bonchev–Trinajstić information content (AvgIpc) is 2.29. The van der Waals surface area contributed by atoms with E-state index in [1.807, 2.05) is 12.1 Å². The van der Waals surface area contributed by atoms with E-state index in [0.717, 1.165) is 4.47 Å². The van der Waals surface area contributed by atoms with Crippen LogP contribution in [0.1, 0.15) is 18.5 Å². The van der Waals surface area contributed by atoms with Crippen LogP contribution in [0.15, 0.2) is 41.1 Å². The molecule has 1 heterocycles. The van der Waals surface area contributed by atoms with Gasteiger partial charge in [0.25, 0.3) is 0 Å². The van der Waals surface area contributed by atoms with Crippen LogP contribution < -0.4 is 5.32 Å². The summed E-state index contributed by atoms with van der Waals surface area (Å²) in [5.74, 6) is 0.674. The summed E-state index contributed by atoms with van der Waals surface area (Å²) in [5, 5.41) is 3.63. The summed E-state index contributed by atoms with van der Waals surface area (Å²) in [6.45, 7) is 2.06. The zero-order valence-corrected chi connectivity index (χ0v) is 11.5. The van der Waals surface area contributed by atoms with Crippen LogP contribution in [0.4, 0.5) is 5.82 Å². The van der Waals surface area contributed by atoms with E-state index in [4.69, 9.17) is 11.6 Å². The molecule has 88 valence electrons. The van der Waals surface area contributed by atoms with Gasteiger partial charge in [0, 0.05) is 10.5 Å². The maximum absolute atomic E-state index is 5.78. The molecule has 2 rings (SSSR count). The number of hydrogen-bond donors (Lipinski definition) is 1. The monoisotopic (exact) mass is 311 g/mol. The molecule has 0 spiro atoms. The minimum atomic E-state index is 0.149. The maximum atomic E-state index is 5.78. The molecule has 0 aliphatic carbocycles. The van der Waals surface area contributed by atoms with Crippen LogP contribution in [-0.2, 0) is 0 Å². The molecule has 0 bridgehead atoms. The molecule has 0 radical (unpaired) electrons. The van der Waals surface area contributed by atoms with Crippen LogP contribution in [0.3, 0.4) is 0 Å². The fourth-order valence-corrected chi connectivity index (χ4v) is 1.88. The molecular formula is C12H11BrClN3. The molecule has 0 fully saturated rings. The number of aromatic nitrogens is 2. The first-order valence-electron chi connectivity index (χ1n) is 5.14. The van der Waals surface area contributed by atoms with Crippen molar-refractivity contribution in [2.45, 2.75) is 13.0 Å². The van der Waals surface area contributed by atoms with Gasteiger partial charge < -0.3 is 5.32 Å². The number of rotatable bonds is 3. The maximum Gasteiger partial charge on any atom is 0.149 e. The molecule has 2 aromatic rings. The van der Waals surface area contributed by atoms with Gasteiger partial charge in [0.2, 0.25) is 0 Å². The zero-order chi connectivity index (χ0) is 12.3. The lowest BCUT2D eigenvalue weighted by atomic mass is 10.1. The molecule has 0 amide bonds. The minimum Gasteiger partial charge on any atom is -0.362 e. The zero-order valence-electron chi connectivity index (χ0n) is 9.19. The van der Waals surface area contributed by atoms with E-state index >= 15 is 0 Å². The fourth-order valence-electron chi connectivity index (χ4n) is 1.47. The largest absolute Gasteiger partial charge is 0.362 e. The van der Waals surface area contributed by atoms with Crippen molar-refractivity contribution in [1.29, 1.82) is 0 Å². The lowest BCUT2D eigenvalue weighted by Crippen LogP contribution is -2.08. The molecular weight excluding hydrogens is 302 g/mol. The highest BCUT2D eigenvalue weighted by Crippen LogP contribution is 2.20. The van der Waals surface area contributed by atoms with Gasteiger partial charge in [0.1, 0.15) is 11.0 Å². The first-order chi connectivity index (χ1) is 8.15. The van der Waals surface area contributed by atoms with E-state index < -0.39 is 0 Å². The van der Waals surface area contributed by atoms with Crippen LogP contribution in [0, 0.1) is 0 Å². The molecule has 5 heteroatoms. The third kappa shape index (κ3) is 3.41. The Morgan fingerprint density at radius 1 is 1.24 bits per heavy atom. The number of benzene rings is 1. The van der Waals surface area contributed by atoms with E-state index in [9.17, 15) is 0 Å². The SMILES string of the molecule is C[C@H](Nc1cncc(Cl)n1)c1ccc(Br)cc1. The second-order valence-corrected chi connectivity index (χ2v) is 4.95. The Hall–Kier alpha value is -1.13. The van der Waals surface area contributed by atoms with E-state index in [2.05, 4.69) is 50.3 Å². The molecule has 17 heavy (non-hydrogen) atoms. The number of halogens is 2. The molecule has 0 saturated heterocycles. The molecule has 0 aliphatic rings. The normalized spacial score (nSPS) is 12.2. The van der Waals surface area contributed by atoms with Gasteiger partial charge in [-0.3, -0.25) is 4.98 Å². The van der Waals surface area contributed by atoms with E-state index in [-0.39, 0.29) is 6.04 Å². The Morgan fingerprint density at radius 3 is 2.59 bits per heavy atom. The van der Waals surface area contributed by atoms with Crippen LogP contribution in [0.5, 0.6) is 0 Å². The number of nitrogens with zero attached hydrogens (tertiary/aromatic N) is 2. The predicted molar refractivity (Wildman–Crippen MR) is 73.2 cm³/mol. The van der Waals surface area contributed by atoms with E-state index in [0.29, 0.717) is 11.0 Å². The van der Waals surface area contributed by atoms with Gasteiger partial charge in [-0.15, -0.1) is 0 Å². The fraction of sp³-hybridized carbons (Fsp3) is 0.167. The van der Waals surface area contributed by atoms with E-state index in [1.165, 1.54) is 11.8 Å². The van der Waals surface area contributed by atoms with Crippen LogP contribution >= 0.6 is 27.5 Å². The van der Waals surface area contributed by atoms with Crippen LogP contribution in [-0.4, -0.2) is 9.97 Å². The second-order valence-electron chi connectivity index (χ2n) is 3.64. The predicted octanol–water partition coefficient (Wildman–Crippen LogP) is 4.07.